The van der Waals surface area contributed by atoms with Crippen molar-refractivity contribution in [3.63, 3.8) is 0 Å². The van der Waals surface area contributed by atoms with Gasteiger partial charge in [-0.2, -0.15) is 0 Å². The Balaban J connectivity index is 0.00000420. The van der Waals surface area contributed by atoms with Gasteiger partial charge in [-0.3, -0.25) is 4.79 Å². The van der Waals surface area contributed by atoms with Crippen molar-refractivity contribution in [1.29, 1.82) is 0 Å². The van der Waals surface area contributed by atoms with E-state index in [0.29, 0.717) is 18.7 Å². The van der Waals surface area contributed by atoms with Crippen molar-refractivity contribution in [3.05, 3.63) is 60.2 Å². The van der Waals surface area contributed by atoms with Crippen LogP contribution >= 0.6 is 12.4 Å². The molecule has 0 aliphatic heterocycles. The Hall–Kier alpha value is -2.57. The topological polar surface area (TPSA) is 96.2 Å². The van der Waals surface area contributed by atoms with E-state index < -0.39 is 0 Å². The van der Waals surface area contributed by atoms with Gasteiger partial charge in [-0.1, -0.05) is 43.2 Å². The van der Waals surface area contributed by atoms with E-state index in [4.69, 9.17) is 5.73 Å². The zero-order chi connectivity index (χ0) is 20.2. The van der Waals surface area contributed by atoms with Gasteiger partial charge in [0.2, 0.25) is 5.91 Å². The van der Waals surface area contributed by atoms with Crippen molar-refractivity contribution in [3.8, 4) is 0 Å². The fourth-order valence-corrected chi connectivity index (χ4v) is 2.85. The van der Waals surface area contributed by atoms with Crippen molar-refractivity contribution in [1.82, 2.24) is 5.32 Å². The van der Waals surface area contributed by atoms with Gasteiger partial charge < -0.3 is 21.7 Å². The molecule has 6 nitrogen and oxygen atoms in total. The quantitative estimate of drug-likeness (QED) is 0.415. The number of nitrogens with one attached hydrogen (secondary N) is 3. The maximum atomic E-state index is 12.0. The summed E-state index contributed by atoms with van der Waals surface area (Å²) in [6.45, 7) is 2.67. The third kappa shape index (κ3) is 9.45. The molecule has 0 aliphatic rings. The van der Waals surface area contributed by atoms with Crippen molar-refractivity contribution >= 4 is 35.7 Å². The molecule has 2 rings (SSSR count). The van der Waals surface area contributed by atoms with E-state index >= 15 is 0 Å². The summed E-state index contributed by atoms with van der Waals surface area (Å²) in [4.78, 5) is 24.1. The number of nitrogens with two attached hydrogens (primary N) is 1. The summed E-state index contributed by atoms with van der Waals surface area (Å²) in [5, 5.41) is 8.58. The highest BCUT2D eigenvalue weighted by atomic mass is 35.5. The number of amides is 3. The maximum Gasteiger partial charge on any atom is 0.323 e. The maximum absolute atomic E-state index is 12.0. The molecular weight excluding hydrogens is 388 g/mol. The molecule has 0 bridgehead atoms. The SMILES string of the molecule is CC(NC(=O)CCCCCCN)c1ccc(NC(=O)Nc2ccccc2)cc1.Cl. The average Bonchev–Trinajstić information content (AvgIpc) is 2.69. The predicted molar refractivity (Wildman–Crippen MR) is 121 cm³/mol. The minimum Gasteiger partial charge on any atom is -0.350 e. The van der Waals surface area contributed by atoms with Crippen LogP contribution in [0.1, 0.15) is 50.6 Å². The van der Waals surface area contributed by atoms with Crippen LogP contribution in [0.4, 0.5) is 16.2 Å². The van der Waals surface area contributed by atoms with E-state index in [1.165, 1.54) is 0 Å². The molecule has 0 saturated carbocycles. The third-order valence-corrected chi connectivity index (χ3v) is 4.44. The number of halogens is 1. The van der Waals surface area contributed by atoms with Gasteiger partial charge in [-0.05, 0) is 56.1 Å². The van der Waals surface area contributed by atoms with Gasteiger partial charge in [0.25, 0.3) is 0 Å². The number of rotatable bonds is 10. The van der Waals surface area contributed by atoms with E-state index in [2.05, 4.69) is 16.0 Å². The van der Waals surface area contributed by atoms with Crippen LogP contribution in [0.25, 0.3) is 0 Å². The van der Waals surface area contributed by atoms with Crippen LogP contribution < -0.4 is 21.7 Å². The van der Waals surface area contributed by atoms with Gasteiger partial charge in [0.05, 0.1) is 6.04 Å². The van der Waals surface area contributed by atoms with Gasteiger partial charge in [-0.25, -0.2) is 4.79 Å². The molecule has 0 heterocycles. The Labute approximate surface area is 179 Å². The molecule has 0 aliphatic carbocycles. The lowest BCUT2D eigenvalue weighted by molar-refractivity contribution is -0.121. The third-order valence-electron chi connectivity index (χ3n) is 4.44. The molecule has 1 unspecified atom stereocenters. The number of anilines is 2. The van der Waals surface area contributed by atoms with Crippen LogP contribution in [0.3, 0.4) is 0 Å². The number of carbonyl (C=O) groups is 2. The summed E-state index contributed by atoms with van der Waals surface area (Å²) in [6, 6.07) is 16.4. The van der Waals surface area contributed by atoms with Gasteiger partial charge in [0, 0.05) is 17.8 Å². The Bertz CT molecular complexity index is 738. The number of urea groups is 1. The smallest absolute Gasteiger partial charge is 0.323 e. The monoisotopic (exact) mass is 418 g/mol. The molecule has 0 fully saturated rings. The van der Waals surface area contributed by atoms with Gasteiger partial charge >= 0.3 is 6.03 Å². The van der Waals surface area contributed by atoms with Crippen LogP contribution in [0.2, 0.25) is 0 Å². The Morgan fingerprint density at radius 1 is 0.862 bits per heavy atom. The number of benzene rings is 2. The highest BCUT2D eigenvalue weighted by Gasteiger charge is 2.10. The summed E-state index contributed by atoms with van der Waals surface area (Å²) in [7, 11) is 0. The Morgan fingerprint density at radius 3 is 2.07 bits per heavy atom. The first kappa shape index (κ1) is 24.5. The largest absolute Gasteiger partial charge is 0.350 e. The van der Waals surface area contributed by atoms with Crippen LogP contribution in [0.15, 0.2) is 54.6 Å². The lowest BCUT2D eigenvalue weighted by Crippen LogP contribution is -2.26. The average molecular weight is 419 g/mol. The van der Waals surface area contributed by atoms with E-state index in [-0.39, 0.29) is 30.4 Å². The van der Waals surface area contributed by atoms with E-state index in [1.807, 2.05) is 61.5 Å². The van der Waals surface area contributed by atoms with Crippen molar-refractivity contribution in [2.45, 2.75) is 45.1 Å². The molecule has 2 aromatic carbocycles. The number of hydrogen-bond donors (Lipinski definition) is 4. The summed E-state index contributed by atoms with van der Waals surface area (Å²) >= 11 is 0. The van der Waals surface area contributed by atoms with Gasteiger partial charge in [0.15, 0.2) is 0 Å². The number of unbranched alkanes of at least 4 members (excludes halogenated alkanes) is 3. The molecule has 7 heteroatoms. The molecular formula is C22H31ClN4O2. The van der Waals surface area contributed by atoms with Gasteiger partial charge in [-0.15, -0.1) is 12.4 Å². The number of hydrogen-bond acceptors (Lipinski definition) is 3. The van der Waals surface area contributed by atoms with E-state index in [0.717, 1.165) is 36.9 Å². The summed E-state index contributed by atoms with van der Waals surface area (Å²) < 4.78 is 0. The van der Waals surface area contributed by atoms with Crippen molar-refractivity contribution in [2.24, 2.45) is 5.73 Å². The highest BCUT2D eigenvalue weighted by molar-refractivity contribution is 5.99. The Kier molecular flexibility index (Phi) is 11.5. The standard InChI is InChI=1S/C22H30N4O2.ClH/c1-17(24-21(27)11-7-2-3-8-16-23)18-12-14-20(15-13-18)26-22(28)25-19-9-5-4-6-10-19;/h4-6,9-10,12-15,17H,2-3,7-8,11,16,23H2,1H3,(H,24,27)(H2,25,26,28);1H. The molecule has 2 aromatic rings. The lowest BCUT2D eigenvalue weighted by Gasteiger charge is -2.15. The van der Waals surface area contributed by atoms with Gasteiger partial charge in [0.1, 0.15) is 0 Å². The first-order chi connectivity index (χ1) is 13.6. The summed E-state index contributed by atoms with van der Waals surface area (Å²) in [5.74, 6) is 0.0599. The summed E-state index contributed by atoms with van der Waals surface area (Å²) in [6.07, 6.45) is 4.55. The lowest BCUT2D eigenvalue weighted by atomic mass is 10.1. The Morgan fingerprint density at radius 2 is 1.45 bits per heavy atom. The first-order valence-corrected chi connectivity index (χ1v) is 9.81. The molecule has 158 valence electrons. The molecule has 5 N–H and O–H groups in total. The minimum absolute atomic E-state index is 0. The molecule has 0 spiro atoms. The molecule has 0 saturated heterocycles. The fourth-order valence-electron chi connectivity index (χ4n) is 2.85. The van der Waals surface area contributed by atoms with Crippen LogP contribution in [-0.2, 0) is 4.79 Å². The second-order valence-electron chi connectivity index (χ2n) is 6.81. The zero-order valence-electron chi connectivity index (χ0n) is 16.8. The van der Waals surface area contributed by atoms with Crippen LogP contribution in [0.5, 0.6) is 0 Å². The first-order valence-electron chi connectivity index (χ1n) is 9.81. The van der Waals surface area contributed by atoms with E-state index in [9.17, 15) is 9.59 Å². The van der Waals surface area contributed by atoms with Crippen molar-refractivity contribution in [2.75, 3.05) is 17.2 Å². The van der Waals surface area contributed by atoms with E-state index in [1.54, 1.807) is 0 Å². The van der Waals surface area contributed by atoms with Crippen LogP contribution in [-0.4, -0.2) is 18.5 Å². The summed E-state index contributed by atoms with van der Waals surface area (Å²) in [5.41, 5.74) is 7.88. The second kappa shape index (κ2) is 13.6. The normalized spacial score (nSPS) is 11.1. The van der Waals surface area contributed by atoms with Crippen LogP contribution in [0, 0.1) is 0 Å². The van der Waals surface area contributed by atoms with Crippen molar-refractivity contribution < 1.29 is 9.59 Å². The molecule has 3 amide bonds. The number of para-hydroxylation sites is 1. The molecule has 0 aromatic heterocycles. The zero-order valence-corrected chi connectivity index (χ0v) is 17.6. The second-order valence-corrected chi connectivity index (χ2v) is 6.81. The molecule has 29 heavy (non-hydrogen) atoms. The minimum atomic E-state index is -0.296. The highest BCUT2D eigenvalue weighted by Crippen LogP contribution is 2.17. The number of carbonyl (C=O) groups excluding carboxylic acids is 2. The molecule has 0 radical (unpaired) electrons. The predicted octanol–water partition coefficient (Wildman–Crippen LogP) is 4.84. The fraction of sp³-hybridized carbons (Fsp3) is 0.364. The molecule has 1 atom stereocenters.